The zero-order valence-corrected chi connectivity index (χ0v) is 26.2. The van der Waals surface area contributed by atoms with Crippen LogP contribution in [0.15, 0.2) is 72.4 Å². The minimum Gasteiger partial charge on any atom is -0.493 e. The van der Waals surface area contributed by atoms with Gasteiger partial charge in [0.1, 0.15) is 11.5 Å². The third-order valence-corrected chi connectivity index (χ3v) is 8.65. The summed E-state index contributed by atoms with van der Waals surface area (Å²) in [6.07, 6.45) is 1.59. The molecule has 0 saturated carbocycles. The van der Waals surface area contributed by atoms with Gasteiger partial charge >= 0.3 is 5.97 Å². The number of methoxy groups -OCH3 is 2. The van der Waals surface area contributed by atoms with E-state index >= 15 is 0 Å². The van der Waals surface area contributed by atoms with E-state index in [0.29, 0.717) is 59.2 Å². The normalized spacial score (nSPS) is 14.7. The lowest BCUT2D eigenvalue weighted by molar-refractivity contribution is -0.385. The molecule has 0 radical (unpaired) electrons. The molecule has 0 aliphatic carbocycles. The van der Waals surface area contributed by atoms with Crippen molar-refractivity contribution in [3.8, 4) is 22.8 Å². The summed E-state index contributed by atoms with van der Waals surface area (Å²) >= 11 is 4.73. The van der Waals surface area contributed by atoms with Gasteiger partial charge in [0, 0.05) is 27.7 Å². The van der Waals surface area contributed by atoms with Crippen LogP contribution in [0.1, 0.15) is 36.8 Å². The lowest BCUT2D eigenvalue weighted by atomic mass is 9.95. The Morgan fingerprint density at radius 1 is 1.19 bits per heavy atom. The van der Waals surface area contributed by atoms with Gasteiger partial charge in [-0.05, 0) is 50.6 Å². The summed E-state index contributed by atoms with van der Waals surface area (Å²) < 4.78 is 24.7. The summed E-state index contributed by atoms with van der Waals surface area (Å²) in [5, 5.41) is 11.4. The highest BCUT2D eigenvalue weighted by molar-refractivity contribution is 9.10. The van der Waals surface area contributed by atoms with Crippen molar-refractivity contribution >= 4 is 45.0 Å². The number of nitrogens with zero attached hydrogens (tertiary/aromatic N) is 3. The van der Waals surface area contributed by atoms with Crippen molar-refractivity contribution < 1.29 is 28.3 Å². The van der Waals surface area contributed by atoms with Crippen LogP contribution in [-0.2, 0) is 9.53 Å². The van der Waals surface area contributed by atoms with Crippen molar-refractivity contribution in [2.45, 2.75) is 26.8 Å². The second kappa shape index (κ2) is 12.0. The second-order valence-corrected chi connectivity index (χ2v) is 11.3. The number of carbonyl (C=O) groups is 1. The molecule has 13 heteroatoms. The Labute approximate surface area is 257 Å². The highest BCUT2D eigenvalue weighted by Crippen LogP contribution is 2.41. The second-order valence-electron chi connectivity index (χ2n) is 9.44. The smallest absolute Gasteiger partial charge is 0.338 e. The molecular formula is C30H26BrN3O8S. The highest BCUT2D eigenvalue weighted by atomic mass is 79.9. The minimum absolute atomic E-state index is 0.0159. The van der Waals surface area contributed by atoms with Gasteiger partial charge in [-0.25, -0.2) is 9.79 Å². The first-order valence-electron chi connectivity index (χ1n) is 13.0. The molecule has 0 N–H and O–H groups in total. The minimum atomic E-state index is -0.883. The Kier molecular flexibility index (Phi) is 8.38. The number of hydrogen-bond acceptors (Lipinski definition) is 10. The van der Waals surface area contributed by atoms with E-state index in [1.54, 1.807) is 63.2 Å². The summed E-state index contributed by atoms with van der Waals surface area (Å²) in [4.78, 5) is 43.2. The number of benzene rings is 2. The predicted octanol–water partition coefficient (Wildman–Crippen LogP) is 5.05. The van der Waals surface area contributed by atoms with Crippen LogP contribution in [0.5, 0.6) is 11.5 Å². The molecule has 5 rings (SSSR count). The van der Waals surface area contributed by atoms with Gasteiger partial charge in [0.2, 0.25) is 0 Å². The van der Waals surface area contributed by atoms with Crippen LogP contribution in [0.2, 0.25) is 0 Å². The van der Waals surface area contributed by atoms with E-state index in [4.69, 9.17) is 18.6 Å². The van der Waals surface area contributed by atoms with Crippen molar-refractivity contribution in [3.63, 3.8) is 0 Å². The number of aromatic nitrogens is 1. The Balaban J connectivity index is 1.68. The van der Waals surface area contributed by atoms with Crippen LogP contribution in [-0.4, -0.2) is 36.3 Å². The molecule has 3 heterocycles. The number of furan rings is 1. The maximum Gasteiger partial charge on any atom is 0.338 e. The van der Waals surface area contributed by atoms with Crippen LogP contribution in [0.3, 0.4) is 0 Å². The average molecular weight is 669 g/mol. The van der Waals surface area contributed by atoms with Gasteiger partial charge in [-0.15, -0.1) is 0 Å². The largest absolute Gasteiger partial charge is 0.493 e. The fourth-order valence-corrected chi connectivity index (χ4v) is 6.52. The third kappa shape index (κ3) is 5.41. The number of allylic oxidation sites excluding steroid dienone is 1. The van der Waals surface area contributed by atoms with E-state index in [9.17, 15) is 19.7 Å². The number of hydrogen-bond donors (Lipinski definition) is 0. The van der Waals surface area contributed by atoms with Crippen LogP contribution in [0.25, 0.3) is 17.4 Å². The van der Waals surface area contributed by atoms with E-state index in [1.807, 2.05) is 0 Å². The van der Waals surface area contributed by atoms with Gasteiger partial charge in [-0.3, -0.25) is 19.5 Å². The number of carbonyl (C=O) groups excluding carboxylic acids is 1. The highest BCUT2D eigenvalue weighted by Gasteiger charge is 2.35. The zero-order valence-electron chi connectivity index (χ0n) is 23.8. The number of thiazole rings is 1. The molecule has 11 nitrogen and oxygen atoms in total. The summed E-state index contributed by atoms with van der Waals surface area (Å²) in [5.41, 5.74) is 1.84. The first-order chi connectivity index (χ1) is 20.6. The molecule has 0 spiro atoms. The number of nitro groups is 1. The SMILES string of the molecule is CCOC(=O)C1=C(C)N=c2s/c(=C\c3ccc(-c4cccc([N+](=O)[O-])c4C)o3)c(=O)n2[C@H]1c1cc(OC)c(OC)cc1Br. The number of rotatable bonds is 8. The van der Waals surface area contributed by atoms with Crippen molar-refractivity contribution in [1.29, 1.82) is 0 Å². The Hall–Kier alpha value is -4.49. The van der Waals surface area contributed by atoms with Gasteiger partial charge < -0.3 is 18.6 Å². The molecule has 2 aromatic carbocycles. The number of nitro benzene ring substituents is 1. The molecule has 0 amide bonds. The summed E-state index contributed by atoms with van der Waals surface area (Å²) in [7, 11) is 3.02. The fraction of sp³-hybridized carbons (Fsp3) is 0.233. The Bertz CT molecular complexity index is 1990. The van der Waals surface area contributed by atoms with Gasteiger partial charge in [0.15, 0.2) is 16.3 Å². The van der Waals surface area contributed by atoms with E-state index in [0.717, 1.165) is 11.3 Å². The molecule has 222 valence electrons. The molecule has 4 aromatic rings. The van der Waals surface area contributed by atoms with Crippen molar-refractivity contribution in [3.05, 3.63) is 105 Å². The summed E-state index contributed by atoms with van der Waals surface area (Å²) in [5.74, 6) is 1.09. The van der Waals surface area contributed by atoms with E-state index < -0.39 is 22.5 Å². The lowest BCUT2D eigenvalue weighted by Gasteiger charge is -2.26. The third-order valence-electron chi connectivity index (χ3n) is 6.98. The topological polar surface area (TPSA) is 135 Å². The van der Waals surface area contributed by atoms with Gasteiger partial charge in [-0.2, -0.15) is 0 Å². The van der Waals surface area contributed by atoms with Crippen LogP contribution in [0.4, 0.5) is 5.69 Å². The first kappa shape index (κ1) is 30.0. The quantitative estimate of drug-likeness (QED) is 0.145. The molecule has 1 atom stereocenters. The van der Waals surface area contributed by atoms with Crippen LogP contribution in [0, 0.1) is 17.0 Å². The summed E-state index contributed by atoms with van der Waals surface area (Å²) in [6, 6.07) is 10.7. The molecule has 0 saturated heterocycles. The van der Waals surface area contributed by atoms with E-state index in [-0.39, 0.29) is 17.9 Å². The van der Waals surface area contributed by atoms with Gasteiger partial charge in [0.25, 0.3) is 11.2 Å². The predicted molar refractivity (Wildman–Crippen MR) is 163 cm³/mol. The zero-order chi connectivity index (χ0) is 31.0. The molecule has 2 aromatic heterocycles. The molecular weight excluding hydrogens is 642 g/mol. The maximum absolute atomic E-state index is 14.0. The van der Waals surface area contributed by atoms with Gasteiger partial charge in [-0.1, -0.05) is 39.4 Å². The van der Waals surface area contributed by atoms with Gasteiger partial charge in [0.05, 0.1) is 47.6 Å². The Morgan fingerprint density at radius 3 is 2.58 bits per heavy atom. The first-order valence-corrected chi connectivity index (χ1v) is 14.7. The number of ether oxygens (including phenoxy) is 3. The Morgan fingerprint density at radius 2 is 1.91 bits per heavy atom. The molecule has 0 unspecified atom stereocenters. The summed E-state index contributed by atoms with van der Waals surface area (Å²) in [6.45, 7) is 5.20. The number of halogens is 1. The standard InChI is InChI=1S/C30H26BrN3O8S/c1-6-41-29(36)26-16(3)32-30-33(27(26)19-13-23(39-4)24(40-5)14-20(19)31)28(35)25(43-30)12-17-10-11-22(42-17)18-8-7-9-21(15(18)2)34(37)38/h7-14,27H,6H2,1-5H3/b25-12-/t27-/m0/s1. The van der Waals surface area contributed by atoms with Crippen molar-refractivity contribution in [2.75, 3.05) is 20.8 Å². The average Bonchev–Trinajstić information content (AvgIpc) is 3.56. The fourth-order valence-electron chi connectivity index (χ4n) is 4.96. The van der Waals surface area contributed by atoms with E-state index in [1.165, 1.54) is 24.9 Å². The number of esters is 1. The monoisotopic (exact) mass is 667 g/mol. The van der Waals surface area contributed by atoms with Crippen molar-refractivity contribution in [1.82, 2.24) is 4.57 Å². The van der Waals surface area contributed by atoms with Crippen LogP contribution >= 0.6 is 27.3 Å². The molecule has 43 heavy (non-hydrogen) atoms. The number of fused-ring (bicyclic) bond motifs is 1. The molecule has 1 aliphatic heterocycles. The van der Waals surface area contributed by atoms with E-state index in [2.05, 4.69) is 20.9 Å². The lowest BCUT2D eigenvalue weighted by Crippen LogP contribution is -2.40. The molecule has 1 aliphatic rings. The van der Waals surface area contributed by atoms with Crippen LogP contribution < -0.4 is 24.4 Å². The molecule has 0 fully saturated rings. The van der Waals surface area contributed by atoms with Crippen molar-refractivity contribution in [2.24, 2.45) is 4.99 Å². The maximum atomic E-state index is 14.0. The molecule has 0 bridgehead atoms.